The predicted octanol–water partition coefficient (Wildman–Crippen LogP) is 3.52. The van der Waals surface area contributed by atoms with Crippen molar-refractivity contribution in [3.8, 4) is 0 Å². The molecule has 0 radical (unpaired) electrons. The summed E-state index contributed by atoms with van der Waals surface area (Å²) in [6, 6.07) is 0. The van der Waals surface area contributed by atoms with Gasteiger partial charge in [0.15, 0.2) is 0 Å². The third-order valence-electron chi connectivity index (χ3n) is 3.35. The molecule has 0 aromatic rings. The van der Waals surface area contributed by atoms with Crippen LogP contribution < -0.4 is 0 Å². The summed E-state index contributed by atoms with van der Waals surface area (Å²) in [4.78, 5) is 0. The Bertz CT molecular complexity index is 162. The molecule has 2 aliphatic carbocycles. The molecule has 2 rings (SSSR count). The first-order valence-electron chi connectivity index (χ1n) is 4.59. The average molecular weight is 215 g/mol. The fourth-order valence-electron chi connectivity index (χ4n) is 2.70. The predicted molar refractivity (Wildman–Crippen MR) is 51.9 cm³/mol. The van der Waals surface area contributed by atoms with Crippen molar-refractivity contribution < 1.29 is 0 Å². The van der Waals surface area contributed by atoms with Crippen LogP contribution in [-0.4, -0.2) is 4.32 Å². The van der Waals surface area contributed by atoms with Crippen molar-refractivity contribution in [2.45, 2.75) is 36.4 Å². The van der Waals surface area contributed by atoms with Gasteiger partial charge in [-0.3, -0.25) is 0 Å². The highest BCUT2D eigenvalue weighted by Crippen LogP contribution is 2.65. The van der Waals surface area contributed by atoms with Crippen molar-refractivity contribution in [1.82, 2.24) is 0 Å². The van der Waals surface area contributed by atoms with Crippen molar-refractivity contribution in [1.29, 1.82) is 0 Å². The molecule has 2 aliphatic rings. The number of halogens is 1. The third kappa shape index (κ3) is 1.09. The van der Waals surface area contributed by atoms with Crippen molar-refractivity contribution in [2.75, 3.05) is 0 Å². The van der Waals surface area contributed by atoms with Gasteiger partial charge in [-0.05, 0) is 31.1 Å². The van der Waals surface area contributed by atoms with E-state index in [0.29, 0.717) is 4.32 Å². The molecule has 1 heteroatoms. The Morgan fingerprint density at radius 1 is 1.36 bits per heavy atom. The van der Waals surface area contributed by atoms with Gasteiger partial charge in [0.1, 0.15) is 0 Å². The fourth-order valence-corrected chi connectivity index (χ4v) is 3.89. The van der Waals surface area contributed by atoms with Gasteiger partial charge in [-0.2, -0.15) is 0 Å². The number of fused-ring (bicyclic) bond motifs is 1. The molecule has 0 heterocycles. The molecule has 0 amide bonds. The monoisotopic (exact) mass is 214 g/mol. The van der Waals surface area contributed by atoms with Gasteiger partial charge in [0.2, 0.25) is 0 Å². The van der Waals surface area contributed by atoms with E-state index in [1.807, 2.05) is 0 Å². The van der Waals surface area contributed by atoms with E-state index in [9.17, 15) is 0 Å². The van der Waals surface area contributed by atoms with Gasteiger partial charge in [0.25, 0.3) is 0 Å². The lowest BCUT2D eigenvalue weighted by atomic mass is 10.0. The SMILES string of the molecule is C=CCC1(Br)C2CCCCC21. The highest BCUT2D eigenvalue weighted by Gasteiger charge is 2.61. The molecule has 62 valence electrons. The van der Waals surface area contributed by atoms with Crippen LogP contribution in [0.1, 0.15) is 32.1 Å². The molecule has 0 aromatic carbocycles. The Morgan fingerprint density at radius 3 is 2.36 bits per heavy atom. The van der Waals surface area contributed by atoms with E-state index in [2.05, 4.69) is 28.6 Å². The summed E-state index contributed by atoms with van der Waals surface area (Å²) in [6.07, 6.45) is 9.03. The fraction of sp³-hybridized carbons (Fsp3) is 0.800. The summed E-state index contributed by atoms with van der Waals surface area (Å²) >= 11 is 3.87. The van der Waals surface area contributed by atoms with Crippen LogP contribution in [0.3, 0.4) is 0 Å². The summed E-state index contributed by atoms with van der Waals surface area (Å²) in [5.74, 6) is 1.96. The summed E-state index contributed by atoms with van der Waals surface area (Å²) in [5, 5.41) is 0. The van der Waals surface area contributed by atoms with Crippen LogP contribution in [-0.2, 0) is 0 Å². The molecule has 2 atom stereocenters. The highest BCUT2D eigenvalue weighted by molar-refractivity contribution is 9.10. The Balaban J connectivity index is 2.01. The molecular weight excluding hydrogens is 200 g/mol. The van der Waals surface area contributed by atoms with E-state index in [4.69, 9.17) is 0 Å². The van der Waals surface area contributed by atoms with Crippen molar-refractivity contribution in [3.63, 3.8) is 0 Å². The lowest BCUT2D eigenvalue weighted by Crippen LogP contribution is -1.99. The van der Waals surface area contributed by atoms with Crippen molar-refractivity contribution in [3.05, 3.63) is 12.7 Å². The van der Waals surface area contributed by atoms with Crippen LogP contribution in [0.15, 0.2) is 12.7 Å². The molecule has 0 spiro atoms. The quantitative estimate of drug-likeness (QED) is 0.488. The van der Waals surface area contributed by atoms with E-state index in [-0.39, 0.29) is 0 Å². The molecule has 0 nitrogen and oxygen atoms in total. The van der Waals surface area contributed by atoms with Crippen LogP contribution in [0.25, 0.3) is 0 Å². The van der Waals surface area contributed by atoms with Gasteiger partial charge in [-0.15, -0.1) is 6.58 Å². The summed E-state index contributed by atoms with van der Waals surface area (Å²) in [6.45, 7) is 3.81. The maximum Gasteiger partial charge on any atom is 0.0354 e. The van der Waals surface area contributed by atoms with Crippen LogP contribution in [0.2, 0.25) is 0 Å². The van der Waals surface area contributed by atoms with Crippen LogP contribution >= 0.6 is 15.9 Å². The summed E-state index contributed by atoms with van der Waals surface area (Å²) < 4.78 is 0.491. The summed E-state index contributed by atoms with van der Waals surface area (Å²) in [5.41, 5.74) is 0. The number of alkyl halides is 1. The van der Waals surface area contributed by atoms with Crippen LogP contribution in [0, 0.1) is 11.8 Å². The van der Waals surface area contributed by atoms with Crippen molar-refractivity contribution >= 4 is 15.9 Å². The van der Waals surface area contributed by atoms with Gasteiger partial charge >= 0.3 is 0 Å². The highest BCUT2D eigenvalue weighted by atomic mass is 79.9. The third-order valence-corrected chi connectivity index (χ3v) is 4.85. The van der Waals surface area contributed by atoms with Gasteiger partial charge < -0.3 is 0 Å². The molecule has 2 saturated carbocycles. The van der Waals surface area contributed by atoms with Crippen molar-refractivity contribution in [2.24, 2.45) is 11.8 Å². The van der Waals surface area contributed by atoms with Crippen LogP contribution in [0.4, 0.5) is 0 Å². The molecule has 0 bridgehead atoms. The molecule has 0 N–H and O–H groups in total. The topological polar surface area (TPSA) is 0 Å². The Kier molecular flexibility index (Phi) is 1.87. The lowest BCUT2D eigenvalue weighted by molar-refractivity contribution is 0.480. The van der Waals surface area contributed by atoms with Gasteiger partial charge in [0.05, 0.1) is 0 Å². The van der Waals surface area contributed by atoms with E-state index >= 15 is 0 Å². The molecule has 0 aliphatic heterocycles. The molecule has 2 fully saturated rings. The number of rotatable bonds is 2. The Morgan fingerprint density at radius 2 is 1.91 bits per heavy atom. The number of allylic oxidation sites excluding steroid dienone is 1. The molecule has 0 saturated heterocycles. The van der Waals surface area contributed by atoms with E-state index in [1.54, 1.807) is 0 Å². The normalized spacial score (nSPS) is 48.1. The first-order valence-corrected chi connectivity index (χ1v) is 5.38. The first-order chi connectivity index (χ1) is 5.29. The minimum Gasteiger partial charge on any atom is -0.103 e. The average Bonchev–Trinajstić information content (AvgIpc) is 2.60. The van der Waals surface area contributed by atoms with E-state index in [0.717, 1.165) is 11.8 Å². The molecule has 11 heavy (non-hydrogen) atoms. The van der Waals surface area contributed by atoms with E-state index < -0.39 is 0 Å². The largest absolute Gasteiger partial charge is 0.103 e. The maximum atomic E-state index is 3.87. The standard InChI is InChI=1S/C10H15Br/c1-2-7-10(11)8-5-3-4-6-9(8)10/h2,8-9H,1,3-7H2. The van der Waals surface area contributed by atoms with Gasteiger partial charge in [0, 0.05) is 4.32 Å². The molecular formula is C10H15Br. The summed E-state index contributed by atoms with van der Waals surface area (Å²) in [7, 11) is 0. The minimum atomic E-state index is 0.491. The second kappa shape index (κ2) is 2.62. The first kappa shape index (κ1) is 7.85. The smallest absolute Gasteiger partial charge is 0.0354 e. The maximum absolute atomic E-state index is 3.87. The lowest BCUT2D eigenvalue weighted by Gasteiger charge is -2.04. The number of hydrogen-bond donors (Lipinski definition) is 0. The van der Waals surface area contributed by atoms with E-state index in [1.165, 1.54) is 32.1 Å². The molecule has 0 aromatic heterocycles. The molecule has 2 unspecified atom stereocenters. The zero-order chi connectivity index (χ0) is 7.90. The number of hydrogen-bond acceptors (Lipinski definition) is 0. The second-order valence-corrected chi connectivity index (χ2v) is 5.39. The van der Waals surface area contributed by atoms with Gasteiger partial charge in [-0.1, -0.05) is 34.8 Å². The second-order valence-electron chi connectivity index (χ2n) is 3.92. The van der Waals surface area contributed by atoms with Crippen LogP contribution in [0.5, 0.6) is 0 Å². The zero-order valence-electron chi connectivity index (χ0n) is 6.85. The zero-order valence-corrected chi connectivity index (χ0v) is 8.44. The minimum absolute atomic E-state index is 0.491. The Labute approximate surface area is 77.2 Å². The van der Waals surface area contributed by atoms with Gasteiger partial charge in [-0.25, -0.2) is 0 Å². The Hall–Kier alpha value is 0.220.